The fourth-order valence-corrected chi connectivity index (χ4v) is 2.19. The number of furan rings is 1. The Kier molecular flexibility index (Phi) is 2.39. The summed E-state index contributed by atoms with van der Waals surface area (Å²) in [6, 6.07) is 19.7. The number of aromatic nitrogens is 3. The van der Waals surface area contributed by atoms with E-state index in [1.165, 1.54) is 0 Å². The van der Waals surface area contributed by atoms with Gasteiger partial charge in [0.2, 0.25) is 0 Å². The molecule has 0 fully saturated rings. The van der Waals surface area contributed by atoms with E-state index in [0.717, 1.165) is 16.5 Å². The third kappa shape index (κ3) is 1.78. The Morgan fingerprint density at radius 2 is 1.70 bits per heavy atom. The average molecular weight is 261 g/mol. The van der Waals surface area contributed by atoms with Crippen molar-refractivity contribution in [3.63, 3.8) is 0 Å². The summed E-state index contributed by atoms with van der Waals surface area (Å²) in [5.41, 5.74) is 1.83. The zero-order valence-corrected chi connectivity index (χ0v) is 10.6. The molecule has 4 aromatic rings. The highest BCUT2D eigenvalue weighted by Crippen LogP contribution is 2.26. The first-order valence-corrected chi connectivity index (χ1v) is 6.37. The molecule has 0 atom stereocenters. The maximum atomic E-state index is 5.77. The smallest absolute Gasteiger partial charge is 0.192 e. The van der Waals surface area contributed by atoms with Crippen LogP contribution in [0, 0.1) is 0 Å². The molecule has 4 nitrogen and oxygen atoms in total. The molecule has 2 aromatic carbocycles. The van der Waals surface area contributed by atoms with Crippen LogP contribution in [-0.4, -0.2) is 15.2 Å². The summed E-state index contributed by atoms with van der Waals surface area (Å²) in [5, 5.41) is 8.22. The van der Waals surface area contributed by atoms with Crippen LogP contribution in [0.15, 0.2) is 65.1 Å². The van der Waals surface area contributed by atoms with Crippen LogP contribution in [0.5, 0.6) is 0 Å². The molecule has 0 aliphatic carbocycles. The topological polar surface area (TPSA) is 54.7 Å². The number of benzene rings is 2. The molecule has 0 aliphatic heterocycles. The Balaban J connectivity index is 1.78. The van der Waals surface area contributed by atoms with E-state index in [-0.39, 0.29) is 0 Å². The van der Waals surface area contributed by atoms with Crippen molar-refractivity contribution in [1.82, 2.24) is 15.2 Å². The van der Waals surface area contributed by atoms with E-state index in [0.29, 0.717) is 17.4 Å². The number of H-pyrrole nitrogens is 1. The van der Waals surface area contributed by atoms with E-state index >= 15 is 0 Å². The lowest BCUT2D eigenvalue weighted by Crippen LogP contribution is -1.79. The van der Waals surface area contributed by atoms with Crippen molar-refractivity contribution < 1.29 is 4.42 Å². The van der Waals surface area contributed by atoms with Crippen LogP contribution in [-0.2, 0) is 0 Å². The van der Waals surface area contributed by atoms with Gasteiger partial charge < -0.3 is 4.42 Å². The molecule has 20 heavy (non-hydrogen) atoms. The van der Waals surface area contributed by atoms with Gasteiger partial charge in [-0.1, -0.05) is 48.5 Å². The van der Waals surface area contributed by atoms with Gasteiger partial charge in [0.1, 0.15) is 5.58 Å². The van der Waals surface area contributed by atoms with Crippen molar-refractivity contribution in [2.75, 3.05) is 0 Å². The van der Waals surface area contributed by atoms with Crippen molar-refractivity contribution in [1.29, 1.82) is 0 Å². The fraction of sp³-hybridized carbons (Fsp3) is 0. The summed E-state index contributed by atoms with van der Waals surface area (Å²) >= 11 is 0. The zero-order chi connectivity index (χ0) is 13.4. The Hall–Kier alpha value is -2.88. The van der Waals surface area contributed by atoms with Crippen LogP contribution < -0.4 is 0 Å². The standard InChI is InChI=1S/C16H11N3O/c1-2-6-11(7-3-1)15-17-16(19-18-15)14-10-12-8-4-5-9-13(12)20-14/h1-10H,(H,17,18,19). The van der Waals surface area contributed by atoms with Crippen molar-refractivity contribution in [3.8, 4) is 23.0 Å². The second kappa shape index (κ2) is 4.35. The molecule has 0 saturated carbocycles. The van der Waals surface area contributed by atoms with Gasteiger partial charge in [0.15, 0.2) is 17.4 Å². The largest absolute Gasteiger partial charge is 0.453 e. The van der Waals surface area contributed by atoms with Gasteiger partial charge in [-0.2, -0.15) is 5.10 Å². The summed E-state index contributed by atoms with van der Waals surface area (Å²) in [5.74, 6) is 2.00. The minimum atomic E-state index is 0.639. The zero-order valence-electron chi connectivity index (χ0n) is 10.6. The summed E-state index contributed by atoms with van der Waals surface area (Å²) in [6.07, 6.45) is 0. The van der Waals surface area contributed by atoms with E-state index < -0.39 is 0 Å². The van der Waals surface area contributed by atoms with Crippen molar-refractivity contribution >= 4 is 11.0 Å². The third-order valence-corrected chi connectivity index (χ3v) is 3.18. The lowest BCUT2D eigenvalue weighted by Gasteiger charge is -1.91. The van der Waals surface area contributed by atoms with E-state index in [4.69, 9.17) is 4.42 Å². The maximum absolute atomic E-state index is 5.77. The lowest BCUT2D eigenvalue weighted by atomic mass is 10.2. The van der Waals surface area contributed by atoms with E-state index in [1.54, 1.807) is 0 Å². The number of nitrogens with one attached hydrogen (secondary N) is 1. The average Bonchev–Trinajstić information content (AvgIpc) is 3.14. The number of hydrogen-bond acceptors (Lipinski definition) is 3. The maximum Gasteiger partial charge on any atom is 0.192 e. The molecule has 0 radical (unpaired) electrons. The quantitative estimate of drug-likeness (QED) is 0.595. The van der Waals surface area contributed by atoms with Crippen LogP contribution in [0.1, 0.15) is 0 Å². The van der Waals surface area contributed by atoms with Crippen molar-refractivity contribution in [2.24, 2.45) is 0 Å². The summed E-state index contributed by atoms with van der Waals surface area (Å²) < 4.78 is 5.77. The van der Waals surface area contributed by atoms with Gasteiger partial charge in [-0.3, -0.25) is 5.10 Å². The van der Waals surface area contributed by atoms with Gasteiger partial charge in [0, 0.05) is 10.9 Å². The molecule has 0 spiro atoms. The van der Waals surface area contributed by atoms with Gasteiger partial charge in [0.25, 0.3) is 0 Å². The second-order valence-electron chi connectivity index (χ2n) is 4.52. The highest BCUT2D eigenvalue weighted by molar-refractivity contribution is 5.81. The summed E-state index contributed by atoms with van der Waals surface area (Å²) in [4.78, 5) is 4.49. The summed E-state index contributed by atoms with van der Waals surface area (Å²) in [6.45, 7) is 0. The van der Waals surface area contributed by atoms with Crippen molar-refractivity contribution in [3.05, 3.63) is 60.7 Å². The number of para-hydroxylation sites is 1. The first-order chi connectivity index (χ1) is 9.90. The van der Waals surface area contributed by atoms with E-state index in [2.05, 4.69) is 15.2 Å². The predicted molar refractivity (Wildman–Crippen MR) is 77.0 cm³/mol. The Morgan fingerprint density at radius 1 is 0.900 bits per heavy atom. The SMILES string of the molecule is c1ccc(-c2n[nH]c(-c3cc4ccccc4o3)n2)cc1. The number of nitrogens with zero attached hydrogens (tertiary/aromatic N) is 2. The molecule has 1 N–H and O–H groups in total. The van der Waals surface area contributed by atoms with Gasteiger partial charge in [-0.15, -0.1) is 0 Å². The number of fused-ring (bicyclic) bond motifs is 1. The Bertz CT molecular complexity index is 828. The first kappa shape index (κ1) is 11.0. The molecule has 2 heterocycles. The molecule has 0 aliphatic rings. The molecule has 0 saturated heterocycles. The molecule has 2 aromatic heterocycles. The molecule has 0 amide bonds. The molecule has 0 unspecified atom stereocenters. The molecule has 0 bridgehead atoms. The molecule has 4 heteroatoms. The van der Waals surface area contributed by atoms with Crippen LogP contribution in [0.3, 0.4) is 0 Å². The summed E-state index contributed by atoms with van der Waals surface area (Å²) in [7, 11) is 0. The van der Waals surface area contributed by atoms with E-state index in [9.17, 15) is 0 Å². The third-order valence-electron chi connectivity index (χ3n) is 3.18. The fourth-order valence-electron chi connectivity index (χ4n) is 2.19. The van der Waals surface area contributed by atoms with Crippen LogP contribution in [0.25, 0.3) is 33.9 Å². The predicted octanol–water partition coefficient (Wildman–Crippen LogP) is 3.88. The monoisotopic (exact) mass is 261 g/mol. The van der Waals surface area contributed by atoms with E-state index in [1.807, 2.05) is 60.7 Å². The highest BCUT2D eigenvalue weighted by atomic mass is 16.3. The van der Waals surface area contributed by atoms with Crippen molar-refractivity contribution in [2.45, 2.75) is 0 Å². The minimum Gasteiger partial charge on any atom is -0.453 e. The second-order valence-corrected chi connectivity index (χ2v) is 4.52. The van der Waals surface area contributed by atoms with Crippen LogP contribution >= 0.6 is 0 Å². The Morgan fingerprint density at radius 3 is 2.55 bits per heavy atom. The number of aromatic amines is 1. The number of rotatable bonds is 2. The molecule has 96 valence electrons. The lowest BCUT2D eigenvalue weighted by molar-refractivity contribution is 0.625. The minimum absolute atomic E-state index is 0.639. The Labute approximate surface area is 115 Å². The van der Waals surface area contributed by atoms with Gasteiger partial charge in [-0.25, -0.2) is 4.98 Å². The molecular formula is C16H11N3O. The molecular weight excluding hydrogens is 250 g/mol. The highest BCUT2D eigenvalue weighted by Gasteiger charge is 2.11. The normalized spacial score (nSPS) is 11.0. The van der Waals surface area contributed by atoms with Gasteiger partial charge in [-0.05, 0) is 12.1 Å². The van der Waals surface area contributed by atoms with Gasteiger partial charge in [0.05, 0.1) is 0 Å². The van der Waals surface area contributed by atoms with Gasteiger partial charge >= 0.3 is 0 Å². The van der Waals surface area contributed by atoms with Crippen LogP contribution in [0.2, 0.25) is 0 Å². The first-order valence-electron chi connectivity index (χ1n) is 6.37. The van der Waals surface area contributed by atoms with Crippen LogP contribution in [0.4, 0.5) is 0 Å². The number of hydrogen-bond donors (Lipinski definition) is 1. The molecule has 4 rings (SSSR count).